The molecule has 1 atom stereocenters. The third-order valence-corrected chi connectivity index (χ3v) is 2.08. The molecular formula is C9H17BrO3. The molecule has 0 aliphatic heterocycles. The highest BCUT2D eigenvalue weighted by molar-refractivity contribution is 9.09. The molecule has 0 rings (SSSR count). The van der Waals surface area contributed by atoms with Gasteiger partial charge >= 0.3 is 5.97 Å². The lowest BCUT2D eigenvalue weighted by Gasteiger charge is -2.10. The lowest BCUT2D eigenvalue weighted by atomic mass is 10.3. The number of hydrogen-bond donors (Lipinski definition) is 0. The van der Waals surface area contributed by atoms with Crippen molar-refractivity contribution in [2.75, 3.05) is 18.5 Å². The van der Waals surface area contributed by atoms with Gasteiger partial charge in [-0.05, 0) is 26.7 Å². The van der Waals surface area contributed by atoms with Crippen LogP contribution in [0.3, 0.4) is 0 Å². The van der Waals surface area contributed by atoms with Gasteiger partial charge in [-0.2, -0.15) is 0 Å². The number of rotatable bonds is 7. The molecule has 0 aliphatic rings. The second kappa shape index (κ2) is 8.51. The van der Waals surface area contributed by atoms with Gasteiger partial charge in [0.1, 0.15) is 0 Å². The maximum atomic E-state index is 11.1. The minimum absolute atomic E-state index is 0.277. The van der Waals surface area contributed by atoms with Crippen molar-refractivity contribution >= 4 is 21.9 Å². The molecule has 0 aromatic rings. The maximum Gasteiger partial charge on any atom is 0.334 e. The molecule has 13 heavy (non-hydrogen) atoms. The Hall–Kier alpha value is -0.0900. The Morgan fingerprint density at radius 1 is 1.46 bits per heavy atom. The van der Waals surface area contributed by atoms with Crippen molar-refractivity contribution in [2.24, 2.45) is 0 Å². The van der Waals surface area contributed by atoms with Crippen LogP contribution in [0.5, 0.6) is 0 Å². The van der Waals surface area contributed by atoms with E-state index in [0.29, 0.717) is 13.2 Å². The Morgan fingerprint density at radius 2 is 2.15 bits per heavy atom. The summed E-state index contributed by atoms with van der Waals surface area (Å²) in [6, 6.07) is 0. The molecule has 0 spiro atoms. The van der Waals surface area contributed by atoms with Crippen LogP contribution in [0.25, 0.3) is 0 Å². The van der Waals surface area contributed by atoms with Gasteiger partial charge < -0.3 is 9.47 Å². The zero-order valence-electron chi connectivity index (χ0n) is 8.22. The number of alkyl halides is 1. The number of carbonyl (C=O) groups is 1. The minimum Gasteiger partial charge on any atom is -0.464 e. The standard InChI is InChI=1S/C9H17BrO3/c1-3-12-9(11)8(2)13-7-5-4-6-10/h8H,3-7H2,1-2H3. The van der Waals surface area contributed by atoms with Gasteiger partial charge in [-0.1, -0.05) is 15.9 Å². The molecule has 0 aliphatic carbocycles. The Bertz CT molecular complexity index is 139. The Balaban J connectivity index is 3.38. The van der Waals surface area contributed by atoms with Gasteiger partial charge in [0.05, 0.1) is 6.61 Å². The van der Waals surface area contributed by atoms with Gasteiger partial charge in [0, 0.05) is 11.9 Å². The highest BCUT2D eigenvalue weighted by atomic mass is 79.9. The van der Waals surface area contributed by atoms with Crippen LogP contribution >= 0.6 is 15.9 Å². The summed E-state index contributed by atoms with van der Waals surface area (Å²) in [4.78, 5) is 11.1. The first-order valence-corrected chi connectivity index (χ1v) is 5.68. The van der Waals surface area contributed by atoms with E-state index in [1.165, 1.54) is 0 Å². The molecule has 0 amide bonds. The van der Waals surface area contributed by atoms with Crippen LogP contribution in [0.2, 0.25) is 0 Å². The Morgan fingerprint density at radius 3 is 2.69 bits per heavy atom. The van der Waals surface area contributed by atoms with Gasteiger partial charge in [0.25, 0.3) is 0 Å². The van der Waals surface area contributed by atoms with E-state index in [1.807, 2.05) is 0 Å². The highest BCUT2D eigenvalue weighted by Crippen LogP contribution is 1.99. The predicted molar refractivity (Wildman–Crippen MR) is 55.1 cm³/mol. The molecule has 0 aromatic carbocycles. The van der Waals surface area contributed by atoms with Crippen molar-refractivity contribution in [3.8, 4) is 0 Å². The smallest absolute Gasteiger partial charge is 0.334 e. The number of unbranched alkanes of at least 4 members (excludes halogenated alkanes) is 1. The average molecular weight is 253 g/mol. The summed E-state index contributed by atoms with van der Waals surface area (Å²) in [6.07, 6.45) is 1.60. The van der Waals surface area contributed by atoms with E-state index in [2.05, 4.69) is 15.9 Å². The van der Waals surface area contributed by atoms with Gasteiger partial charge in [-0.3, -0.25) is 0 Å². The highest BCUT2D eigenvalue weighted by Gasteiger charge is 2.13. The molecule has 4 heteroatoms. The number of halogens is 1. The molecule has 0 heterocycles. The fourth-order valence-electron chi connectivity index (χ4n) is 0.784. The summed E-state index contributed by atoms with van der Waals surface area (Å²) < 4.78 is 10.1. The zero-order chi connectivity index (χ0) is 10.1. The molecular weight excluding hydrogens is 236 g/mol. The molecule has 0 radical (unpaired) electrons. The first-order chi connectivity index (χ1) is 6.22. The molecule has 3 nitrogen and oxygen atoms in total. The monoisotopic (exact) mass is 252 g/mol. The Kier molecular flexibility index (Phi) is 8.45. The largest absolute Gasteiger partial charge is 0.464 e. The molecule has 0 fully saturated rings. The van der Waals surface area contributed by atoms with E-state index >= 15 is 0 Å². The molecule has 0 aromatic heterocycles. The van der Waals surface area contributed by atoms with E-state index in [9.17, 15) is 4.79 Å². The molecule has 0 saturated heterocycles. The van der Waals surface area contributed by atoms with Crippen molar-refractivity contribution in [3.05, 3.63) is 0 Å². The van der Waals surface area contributed by atoms with Crippen LogP contribution < -0.4 is 0 Å². The van der Waals surface area contributed by atoms with Crippen molar-refractivity contribution < 1.29 is 14.3 Å². The van der Waals surface area contributed by atoms with Crippen LogP contribution in [-0.4, -0.2) is 30.6 Å². The third-order valence-electron chi connectivity index (χ3n) is 1.51. The molecule has 0 N–H and O–H groups in total. The van der Waals surface area contributed by atoms with Gasteiger partial charge in [-0.25, -0.2) is 4.79 Å². The normalized spacial score (nSPS) is 12.5. The van der Waals surface area contributed by atoms with Crippen LogP contribution in [0.1, 0.15) is 26.7 Å². The zero-order valence-corrected chi connectivity index (χ0v) is 9.80. The summed E-state index contributed by atoms with van der Waals surface area (Å²) in [5, 5.41) is 0.976. The fraction of sp³-hybridized carbons (Fsp3) is 0.889. The Labute approximate surface area is 87.9 Å². The summed E-state index contributed by atoms with van der Waals surface area (Å²) in [5.41, 5.74) is 0. The molecule has 1 unspecified atom stereocenters. The van der Waals surface area contributed by atoms with E-state index in [-0.39, 0.29) is 5.97 Å². The topological polar surface area (TPSA) is 35.5 Å². The molecule has 0 saturated carbocycles. The van der Waals surface area contributed by atoms with Crippen LogP contribution in [0.15, 0.2) is 0 Å². The average Bonchev–Trinajstić information content (AvgIpc) is 2.12. The second-order valence-corrected chi connectivity index (χ2v) is 3.45. The lowest BCUT2D eigenvalue weighted by Crippen LogP contribution is -2.23. The van der Waals surface area contributed by atoms with E-state index < -0.39 is 6.10 Å². The van der Waals surface area contributed by atoms with E-state index in [4.69, 9.17) is 9.47 Å². The first kappa shape index (κ1) is 12.9. The van der Waals surface area contributed by atoms with E-state index in [1.54, 1.807) is 13.8 Å². The quantitative estimate of drug-likeness (QED) is 0.396. The van der Waals surface area contributed by atoms with Crippen molar-refractivity contribution in [2.45, 2.75) is 32.8 Å². The van der Waals surface area contributed by atoms with E-state index in [0.717, 1.165) is 18.2 Å². The fourth-order valence-corrected chi connectivity index (χ4v) is 1.18. The minimum atomic E-state index is -0.435. The molecule has 78 valence electrons. The van der Waals surface area contributed by atoms with Crippen LogP contribution in [0.4, 0.5) is 0 Å². The lowest BCUT2D eigenvalue weighted by molar-refractivity contribution is -0.155. The van der Waals surface area contributed by atoms with Crippen molar-refractivity contribution in [1.82, 2.24) is 0 Å². The number of hydrogen-bond acceptors (Lipinski definition) is 3. The van der Waals surface area contributed by atoms with Crippen LogP contribution in [0, 0.1) is 0 Å². The number of esters is 1. The summed E-state index contributed by atoms with van der Waals surface area (Å²) in [6.45, 7) is 4.53. The predicted octanol–water partition coefficient (Wildman–Crippen LogP) is 2.13. The molecule has 0 bridgehead atoms. The third kappa shape index (κ3) is 7.02. The SMILES string of the molecule is CCOC(=O)C(C)OCCCCBr. The van der Waals surface area contributed by atoms with Crippen molar-refractivity contribution in [1.29, 1.82) is 0 Å². The number of ether oxygens (including phenoxy) is 2. The first-order valence-electron chi connectivity index (χ1n) is 4.56. The number of carbonyl (C=O) groups excluding carboxylic acids is 1. The van der Waals surface area contributed by atoms with Gasteiger partial charge in [0.2, 0.25) is 0 Å². The van der Waals surface area contributed by atoms with Crippen molar-refractivity contribution in [3.63, 3.8) is 0 Å². The summed E-state index contributed by atoms with van der Waals surface area (Å²) in [7, 11) is 0. The second-order valence-electron chi connectivity index (χ2n) is 2.66. The maximum absolute atomic E-state index is 11.1. The summed E-state index contributed by atoms with van der Waals surface area (Å²) in [5.74, 6) is -0.277. The van der Waals surface area contributed by atoms with Gasteiger partial charge in [0.15, 0.2) is 6.10 Å². The summed E-state index contributed by atoms with van der Waals surface area (Å²) >= 11 is 3.32. The van der Waals surface area contributed by atoms with Gasteiger partial charge in [-0.15, -0.1) is 0 Å². The van der Waals surface area contributed by atoms with Crippen LogP contribution in [-0.2, 0) is 14.3 Å².